The van der Waals surface area contributed by atoms with Gasteiger partial charge in [0.25, 0.3) is 5.91 Å². The number of nitrogens with one attached hydrogen (secondary N) is 1. The lowest BCUT2D eigenvalue weighted by Crippen LogP contribution is -2.28. The fourth-order valence-electron chi connectivity index (χ4n) is 2.20. The van der Waals surface area contributed by atoms with Gasteiger partial charge in [-0.1, -0.05) is 29.3 Å². The van der Waals surface area contributed by atoms with Crippen molar-refractivity contribution >= 4 is 29.1 Å². The van der Waals surface area contributed by atoms with Crippen molar-refractivity contribution < 1.29 is 13.9 Å². The molecule has 2 heterocycles. The fraction of sp³-hybridized carbons (Fsp3) is 0.111. The van der Waals surface area contributed by atoms with Crippen molar-refractivity contribution in [3.05, 3.63) is 70.5 Å². The molecule has 0 atom stereocenters. The van der Waals surface area contributed by atoms with Crippen LogP contribution in [0.2, 0.25) is 10.0 Å². The first-order chi connectivity index (χ1) is 12.1. The normalized spacial score (nSPS) is 10.5. The molecule has 1 aromatic carbocycles. The number of pyridine rings is 1. The number of halogens is 2. The minimum Gasteiger partial charge on any atom is -0.482 e. The van der Waals surface area contributed by atoms with Gasteiger partial charge in [0.15, 0.2) is 12.4 Å². The molecule has 128 valence electrons. The Bertz CT molecular complexity index is 867. The molecule has 0 saturated carbocycles. The maximum atomic E-state index is 12.0. The molecule has 1 N–H and O–H groups in total. The van der Waals surface area contributed by atoms with Gasteiger partial charge in [0, 0.05) is 23.3 Å². The standard InChI is InChI=1S/C18H14Cl2N2O3/c19-13-5-6-15(14(20)9-13)25-11-17(23)22-10-12-3-1-7-21-18(12)16-4-2-8-24-16/h1-9H,10-11H2,(H,22,23). The molecule has 0 radical (unpaired) electrons. The Kier molecular flexibility index (Phi) is 5.58. The van der Waals surface area contributed by atoms with Gasteiger partial charge in [-0.2, -0.15) is 0 Å². The Hall–Kier alpha value is -2.50. The molecule has 25 heavy (non-hydrogen) atoms. The van der Waals surface area contributed by atoms with Gasteiger partial charge in [0.1, 0.15) is 11.4 Å². The first kappa shape index (κ1) is 17.3. The fourth-order valence-corrected chi connectivity index (χ4v) is 2.66. The van der Waals surface area contributed by atoms with Crippen LogP contribution in [0, 0.1) is 0 Å². The highest BCUT2D eigenvalue weighted by Crippen LogP contribution is 2.27. The summed E-state index contributed by atoms with van der Waals surface area (Å²) in [6.07, 6.45) is 3.25. The van der Waals surface area contributed by atoms with E-state index in [1.54, 1.807) is 42.8 Å². The van der Waals surface area contributed by atoms with Gasteiger partial charge in [-0.05, 0) is 36.4 Å². The predicted molar refractivity (Wildman–Crippen MR) is 95.7 cm³/mol. The molecule has 1 amide bonds. The maximum Gasteiger partial charge on any atom is 0.258 e. The van der Waals surface area contributed by atoms with Gasteiger partial charge in [0.2, 0.25) is 0 Å². The first-order valence-electron chi connectivity index (χ1n) is 7.46. The van der Waals surface area contributed by atoms with E-state index in [4.69, 9.17) is 32.4 Å². The summed E-state index contributed by atoms with van der Waals surface area (Å²) in [4.78, 5) is 16.3. The van der Waals surface area contributed by atoms with E-state index >= 15 is 0 Å². The minimum absolute atomic E-state index is 0.155. The van der Waals surface area contributed by atoms with Crippen LogP contribution >= 0.6 is 23.2 Å². The number of furan rings is 1. The monoisotopic (exact) mass is 376 g/mol. The average Bonchev–Trinajstić information content (AvgIpc) is 3.14. The Labute approximate surface area is 154 Å². The van der Waals surface area contributed by atoms with Gasteiger partial charge in [-0.25, -0.2) is 0 Å². The molecule has 0 aliphatic carbocycles. The number of aromatic nitrogens is 1. The summed E-state index contributed by atoms with van der Waals surface area (Å²) in [7, 11) is 0. The van der Waals surface area contributed by atoms with Crippen LogP contribution in [0.3, 0.4) is 0 Å². The van der Waals surface area contributed by atoms with E-state index in [1.807, 2.05) is 12.1 Å². The van der Waals surface area contributed by atoms with Crippen LogP contribution in [-0.2, 0) is 11.3 Å². The van der Waals surface area contributed by atoms with Crippen molar-refractivity contribution in [3.8, 4) is 17.2 Å². The highest BCUT2D eigenvalue weighted by molar-refractivity contribution is 6.35. The summed E-state index contributed by atoms with van der Waals surface area (Å²) < 4.78 is 10.8. The number of ether oxygens (including phenoxy) is 1. The van der Waals surface area contributed by atoms with Gasteiger partial charge < -0.3 is 14.5 Å². The zero-order valence-corrected chi connectivity index (χ0v) is 14.6. The second-order valence-electron chi connectivity index (χ2n) is 5.13. The SMILES string of the molecule is O=C(COc1ccc(Cl)cc1Cl)NCc1cccnc1-c1ccco1. The molecule has 3 aromatic rings. The van der Waals surface area contributed by atoms with Crippen molar-refractivity contribution in [1.29, 1.82) is 0 Å². The molecule has 0 unspecified atom stereocenters. The van der Waals surface area contributed by atoms with Crippen LogP contribution < -0.4 is 10.1 Å². The average molecular weight is 377 g/mol. The molecule has 0 fully saturated rings. The molecular weight excluding hydrogens is 363 g/mol. The number of benzene rings is 1. The number of carbonyl (C=O) groups excluding carboxylic acids is 1. The molecule has 0 saturated heterocycles. The van der Waals surface area contributed by atoms with E-state index in [0.717, 1.165) is 5.56 Å². The van der Waals surface area contributed by atoms with Gasteiger partial charge in [-0.15, -0.1) is 0 Å². The van der Waals surface area contributed by atoms with Crippen LogP contribution in [-0.4, -0.2) is 17.5 Å². The molecule has 2 aromatic heterocycles. The lowest BCUT2D eigenvalue weighted by molar-refractivity contribution is -0.123. The zero-order chi connectivity index (χ0) is 17.6. The van der Waals surface area contributed by atoms with E-state index in [9.17, 15) is 4.79 Å². The summed E-state index contributed by atoms with van der Waals surface area (Å²) in [5.41, 5.74) is 1.53. The number of amides is 1. The molecule has 0 bridgehead atoms. The Morgan fingerprint density at radius 2 is 2.08 bits per heavy atom. The quantitative estimate of drug-likeness (QED) is 0.694. The van der Waals surface area contributed by atoms with Gasteiger partial charge in [0.05, 0.1) is 11.3 Å². The third-order valence-corrected chi connectivity index (χ3v) is 3.91. The summed E-state index contributed by atoms with van der Waals surface area (Å²) >= 11 is 11.8. The summed E-state index contributed by atoms with van der Waals surface area (Å²) in [6.45, 7) is 0.151. The van der Waals surface area contributed by atoms with E-state index in [-0.39, 0.29) is 12.5 Å². The van der Waals surface area contributed by atoms with Crippen LogP contribution in [0.1, 0.15) is 5.56 Å². The summed E-state index contributed by atoms with van der Waals surface area (Å²) in [6, 6.07) is 12.1. The van der Waals surface area contributed by atoms with E-state index in [2.05, 4.69) is 10.3 Å². The smallest absolute Gasteiger partial charge is 0.258 e. The largest absolute Gasteiger partial charge is 0.482 e. The van der Waals surface area contributed by atoms with Crippen molar-refractivity contribution in [2.75, 3.05) is 6.61 Å². The van der Waals surface area contributed by atoms with E-state index in [0.29, 0.717) is 33.8 Å². The maximum absolute atomic E-state index is 12.0. The van der Waals surface area contributed by atoms with Crippen molar-refractivity contribution in [1.82, 2.24) is 10.3 Å². The third kappa shape index (κ3) is 4.53. The number of rotatable bonds is 6. The molecule has 0 spiro atoms. The highest BCUT2D eigenvalue weighted by Gasteiger charge is 2.11. The molecule has 7 heteroatoms. The Morgan fingerprint density at radius 3 is 2.84 bits per heavy atom. The molecule has 3 rings (SSSR count). The number of hydrogen-bond acceptors (Lipinski definition) is 4. The molecular formula is C18H14Cl2N2O3. The second kappa shape index (κ2) is 8.05. The van der Waals surface area contributed by atoms with Crippen LogP contribution in [0.4, 0.5) is 0 Å². The highest BCUT2D eigenvalue weighted by atomic mass is 35.5. The Balaban J connectivity index is 1.58. The van der Waals surface area contributed by atoms with Gasteiger partial charge in [-0.3, -0.25) is 9.78 Å². The minimum atomic E-state index is -0.278. The lowest BCUT2D eigenvalue weighted by Gasteiger charge is -2.10. The summed E-state index contributed by atoms with van der Waals surface area (Å²) in [5.74, 6) is 0.771. The van der Waals surface area contributed by atoms with Crippen LogP contribution in [0.5, 0.6) is 5.75 Å². The van der Waals surface area contributed by atoms with Crippen molar-refractivity contribution in [2.24, 2.45) is 0 Å². The van der Waals surface area contributed by atoms with Crippen molar-refractivity contribution in [3.63, 3.8) is 0 Å². The number of carbonyl (C=O) groups is 1. The summed E-state index contributed by atoms with van der Waals surface area (Å²) in [5, 5.41) is 3.65. The molecule has 0 aliphatic rings. The van der Waals surface area contributed by atoms with E-state index in [1.165, 1.54) is 0 Å². The number of hydrogen-bond donors (Lipinski definition) is 1. The van der Waals surface area contributed by atoms with Gasteiger partial charge >= 0.3 is 0 Å². The third-order valence-electron chi connectivity index (χ3n) is 3.37. The zero-order valence-electron chi connectivity index (χ0n) is 13.0. The second-order valence-corrected chi connectivity index (χ2v) is 5.97. The lowest BCUT2D eigenvalue weighted by atomic mass is 10.1. The van der Waals surface area contributed by atoms with Crippen molar-refractivity contribution in [2.45, 2.75) is 6.54 Å². The molecule has 5 nitrogen and oxygen atoms in total. The van der Waals surface area contributed by atoms with Crippen LogP contribution in [0.15, 0.2) is 59.3 Å². The predicted octanol–water partition coefficient (Wildman–Crippen LogP) is 4.34. The Morgan fingerprint density at radius 1 is 1.20 bits per heavy atom. The van der Waals surface area contributed by atoms with Crippen LogP contribution in [0.25, 0.3) is 11.5 Å². The molecule has 0 aliphatic heterocycles. The topological polar surface area (TPSA) is 64.4 Å². The van der Waals surface area contributed by atoms with E-state index < -0.39 is 0 Å². The number of nitrogens with zero attached hydrogens (tertiary/aromatic N) is 1. The first-order valence-corrected chi connectivity index (χ1v) is 8.21.